The molecule has 0 amide bonds. The standard InChI is InChI=1S/C13H14N2O/c1-2-12-7-14-4-3-11(12)5-10(1)6-15-13-8-16-9-13/h1-5,7,13,15H,6,8-9H2. The molecule has 1 aliphatic rings. The van der Waals surface area contributed by atoms with Gasteiger partial charge in [0.15, 0.2) is 0 Å². The van der Waals surface area contributed by atoms with Gasteiger partial charge >= 0.3 is 0 Å². The Balaban J connectivity index is 1.76. The molecule has 1 fully saturated rings. The second-order valence-electron chi connectivity index (χ2n) is 4.17. The molecule has 1 aromatic heterocycles. The first-order chi connectivity index (χ1) is 7.92. The minimum absolute atomic E-state index is 0.535. The zero-order valence-electron chi connectivity index (χ0n) is 9.02. The van der Waals surface area contributed by atoms with Crippen molar-refractivity contribution in [1.29, 1.82) is 0 Å². The molecule has 1 aromatic carbocycles. The molecular formula is C13H14N2O. The normalized spacial score (nSPS) is 16.2. The SMILES string of the molecule is c1cc2cc(CNC3COC3)ccc2cn1. The Morgan fingerprint density at radius 1 is 1.25 bits per heavy atom. The predicted octanol–water partition coefficient (Wildman–Crippen LogP) is 1.72. The van der Waals surface area contributed by atoms with E-state index in [0.29, 0.717) is 6.04 Å². The molecule has 1 aliphatic heterocycles. The first-order valence-corrected chi connectivity index (χ1v) is 5.55. The summed E-state index contributed by atoms with van der Waals surface area (Å²) < 4.78 is 5.12. The van der Waals surface area contributed by atoms with E-state index in [-0.39, 0.29) is 0 Å². The number of hydrogen-bond acceptors (Lipinski definition) is 3. The van der Waals surface area contributed by atoms with E-state index in [0.717, 1.165) is 19.8 Å². The van der Waals surface area contributed by atoms with Crippen molar-refractivity contribution in [2.45, 2.75) is 12.6 Å². The van der Waals surface area contributed by atoms with Crippen molar-refractivity contribution in [2.24, 2.45) is 0 Å². The van der Waals surface area contributed by atoms with Crippen LogP contribution in [0.5, 0.6) is 0 Å². The van der Waals surface area contributed by atoms with Crippen LogP contribution in [-0.2, 0) is 11.3 Å². The Labute approximate surface area is 94.5 Å². The first-order valence-electron chi connectivity index (χ1n) is 5.55. The van der Waals surface area contributed by atoms with Gasteiger partial charge in [0, 0.05) is 24.3 Å². The number of ether oxygens (including phenoxy) is 1. The van der Waals surface area contributed by atoms with Crippen LogP contribution in [0.25, 0.3) is 10.8 Å². The van der Waals surface area contributed by atoms with Gasteiger partial charge in [-0.25, -0.2) is 0 Å². The molecule has 0 unspecified atom stereocenters. The molecule has 1 N–H and O–H groups in total. The molecule has 2 heterocycles. The first kappa shape index (κ1) is 9.75. The molecule has 0 aliphatic carbocycles. The van der Waals surface area contributed by atoms with Crippen LogP contribution in [0.3, 0.4) is 0 Å². The highest BCUT2D eigenvalue weighted by molar-refractivity contribution is 5.81. The van der Waals surface area contributed by atoms with Gasteiger partial charge in [-0.3, -0.25) is 4.98 Å². The zero-order valence-corrected chi connectivity index (χ0v) is 9.02. The van der Waals surface area contributed by atoms with Gasteiger partial charge in [0.25, 0.3) is 0 Å². The van der Waals surface area contributed by atoms with Crippen molar-refractivity contribution in [3.05, 3.63) is 42.2 Å². The Kier molecular flexibility index (Phi) is 2.56. The number of hydrogen-bond donors (Lipinski definition) is 1. The summed E-state index contributed by atoms with van der Waals surface area (Å²) in [5, 5.41) is 5.90. The summed E-state index contributed by atoms with van der Waals surface area (Å²) in [7, 11) is 0. The van der Waals surface area contributed by atoms with E-state index < -0.39 is 0 Å². The van der Waals surface area contributed by atoms with E-state index >= 15 is 0 Å². The average molecular weight is 214 g/mol. The maximum Gasteiger partial charge on any atom is 0.0643 e. The second kappa shape index (κ2) is 4.20. The van der Waals surface area contributed by atoms with E-state index in [9.17, 15) is 0 Å². The third-order valence-electron chi connectivity index (χ3n) is 2.94. The van der Waals surface area contributed by atoms with Gasteiger partial charge in [-0.1, -0.05) is 12.1 Å². The van der Waals surface area contributed by atoms with Gasteiger partial charge < -0.3 is 10.1 Å². The van der Waals surface area contributed by atoms with Gasteiger partial charge in [-0.2, -0.15) is 0 Å². The van der Waals surface area contributed by atoms with Gasteiger partial charge in [-0.15, -0.1) is 0 Å². The number of pyridine rings is 1. The highest BCUT2D eigenvalue weighted by Crippen LogP contribution is 2.14. The van der Waals surface area contributed by atoms with Gasteiger partial charge in [0.1, 0.15) is 0 Å². The molecule has 0 bridgehead atoms. The smallest absolute Gasteiger partial charge is 0.0643 e. The van der Waals surface area contributed by atoms with Crippen molar-refractivity contribution in [3.63, 3.8) is 0 Å². The maximum absolute atomic E-state index is 5.12. The van der Waals surface area contributed by atoms with Gasteiger partial charge in [0.05, 0.1) is 19.3 Å². The fraction of sp³-hybridized carbons (Fsp3) is 0.308. The van der Waals surface area contributed by atoms with Crippen LogP contribution in [0, 0.1) is 0 Å². The van der Waals surface area contributed by atoms with E-state index in [4.69, 9.17) is 4.74 Å². The summed E-state index contributed by atoms with van der Waals surface area (Å²) >= 11 is 0. The Bertz CT molecular complexity index is 494. The summed E-state index contributed by atoms with van der Waals surface area (Å²) in [5.74, 6) is 0. The van der Waals surface area contributed by atoms with Crippen LogP contribution < -0.4 is 5.32 Å². The van der Waals surface area contributed by atoms with Crippen LogP contribution in [-0.4, -0.2) is 24.2 Å². The Morgan fingerprint density at radius 2 is 2.19 bits per heavy atom. The zero-order chi connectivity index (χ0) is 10.8. The lowest BCUT2D eigenvalue weighted by molar-refractivity contribution is -0.00578. The van der Waals surface area contributed by atoms with Crippen molar-refractivity contribution >= 4 is 10.8 Å². The summed E-state index contributed by atoms with van der Waals surface area (Å²) in [6.45, 7) is 2.60. The molecule has 16 heavy (non-hydrogen) atoms. The third kappa shape index (κ3) is 1.92. The molecule has 0 saturated carbocycles. The number of nitrogens with one attached hydrogen (secondary N) is 1. The number of rotatable bonds is 3. The van der Waals surface area contributed by atoms with Crippen LogP contribution in [0.15, 0.2) is 36.7 Å². The minimum atomic E-state index is 0.535. The Morgan fingerprint density at radius 3 is 3.00 bits per heavy atom. The van der Waals surface area contributed by atoms with Crippen molar-refractivity contribution < 1.29 is 4.74 Å². The predicted molar refractivity (Wildman–Crippen MR) is 63.2 cm³/mol. The minimum Gasteiger partial charge on any atom is -0.378 e. The average Bonchev–Trinajstić information content (AvgIpc) is 2.27. The second-order valence-corrected chi connectivity index (χ2v) is 4.17. The molecule has 3 rings (SSSR count). The summed E-state index contributed by atoms with van der Waals surface area (Å²) in [5.41, 5.74) is 1.31. The van der Waals surface area contributed by atoms with Crippen LogP contribution in [0.2, 0.25) is 0 Å². The lowest BCUT2D eigenvalue weighted by atomic mass is 10.1. The molecule has 0 atom stereocenters. The summed E-state index contributed by atoms with van der Waals surface area (Å²) in [4.78, 5) is 4.11. The maximum atomic E-state index is 5.12. The summed E-state index contributed by atoms with van der Waals surface area (Å²) in [6.07, 6.45) is 3.73. The fourth-order valence-corrected chi connectivity index (χ4v) is 1.86. The summed E-state index contributed by atoms with van der Waals surface area (Å²) in [6, 6.07) is 9.07. The number of benzene rings is 1. The van der Waals surface area contributed by atoms with Crippen molar-refractivity contribution in [2.75, 3.05) is 13.2 Å². The molecule has 2 aromatic rings. The largest absolute Gasteiger partial charge is 0.378 e. The molecule has 3 nitrogen and oxygen atoms in total. The van der Waals surface area contributed by atoms with E-state index in [2.05, 4.69) is 28.5 Å². The molecule has 3 heteroatoms. The fourth-order valence-electron chi connectivity index (χ4n) is 1.86. The van der Waals surface area contributed by atoms with Crippen LogP contribution in [0.4, 0.5) is 0 Å². The molecule has 0 radical (unpaired) electrons. The van der Waals surface area contributed by atoms with Crippen LogP contribution in [0.1, 0.15) is 5.56 Å². The lowest BCUT2D eigenvalue weighted by Crippen LogP contribution is -2.45. The Hall–Kier alpha value is -1.45. The van der Waals surface area contributed by atoms with Crippen LogP contribution >= 0.6 is 0 Å². The highest BCUT2D eigenvalue weighted by atomic mass is 16.5. The van der Waals surface area contributed by atoms with Crippen molar-refractivity contribution in [1.82, 2.24) is 10.3 Å². The lowest BCUT2D eigenvalue weighted by Gasteiger charge is -2.27. The van der Waals surface area contributed by atoms with E-state index in [1.54, 1.807) is 0 Å². The molecule has 82 valence electrons. The number of fused-ring (bicyclic) bond motifs is 1. The number of aromatic nitrogens is 1. The molecule has 0 spiro atoms. The highest BCUT2D eigenvalue weighted by Gasteiger charge is 2.16. The van der Waals surface area contributed by atoms with Crippen molar-refractivity contribution in [3.8, 4) is 0 Å². The van der Waals surface area contributed by atoms with E-state index in [1.165, 1.54) is 16.3 Å². The van der Waals surface area contributed by atoms with Gasteiger partial charge in [0.2, 0.25) is 0 Å². The topological polar surface area (TPSA) is 34.1 Å². The number of nitrogens with zero attached hydrogens (tertiary/aromatic N) is 1. The quantitative estimate of drug-likeness (QED) is 0.844. The van der Waals surface area contributed by atoms with Gasteiger partial charge in [-0.05, 0) is 23.1 Å². The third-order valence-corrected chi connectivity index (χ3v) is 2.94. The molecule has 1 saturated heterocycles. The molecular weight excluding hydrogens is 200 g/mol. The monoisotopic (exact) mass is 214 g/mol. The van der Waals surface area contributed by atoms with E-state index in [1.807, 2.05) is 18.5 Å².